The molecule has 0 spiro atoms. The molecule has 1 heterocycles. The lowest BCUT2D eigenvalue weighted by atomic mass is 10.3. The van der Waals surface area contributed by atoms with Gasteiger partial charge in [0, 0.05) is 10.7 Å². The predicted molar refractivity (Wildman–Crippen MR) is 55.4 cm³/mol. The summed E-state index contributed by atoms with van der Waals surface area (Å²) in [5.41, 5.74) is -2.08. The van der Waals surface area contributed by atoms with Gasteiger partial charge in [0.1, 0.15) is 11.9 Å². The van der Waals surface area contributed by atoms with Gasteiger partial charge < -0.3 is 4.74 Å². The fraction of sp³-hybridized carbons (Fsp3) is 0.286. The van der Waals surface area contributed by atoms with Gasteiger partial charge in [-0.15, -0.1) is 0 Å². The van der Waals surface area contributed by atoms with Gasteiger partial charge in [-0.3, -0.25) is 10.1 Å². The number of halogens is 3. The molecule has 0 aliphatic carbocycles. The minimum atomic E-state index is -4.68. The maximum absolute atomic E-state index is 12.6. The van der Waals surface area contributed by atoms with Crippen LogP contribution < -0.4 is 4.74 Å². The quantitative estimate of drug-likeness (QED) is 0.478. The van der Waals surface area contributed by atoms with E-state index in [-0.39, 0.29) is 0 Å². The number of alkyl halides is 2. The molecule has 1 aromatic rings. The first-order valence-corrected chi connectivity index (χ1v) is 6.45. The van der Waals surface area contributed by atoms with Crippen LogP contribution in [0.25, 0.3) is 0 Å². The van der Waals surface area contributed by atoms with Gasteiger partial charge in [0.2, 0.25) is 5.75 Å². The van der Waals surface area contributed by atoms with Crippen LogP contribution in [0.4, 0.5) is 14.5 Å². The largest absolute Gasteiger partial charge is 0.489 e. The molecular weight excluding hydrogens is 298 g/mol. The van der Waals surface area contributed by atoms with Crippen molar-refractivity contribution in [2.75, 3.05) is 7.11 Å². The highest BCUT2D eigenvalue weighted by Crippen LogP contribution is 2.39. The zero-order valence-electron chi connectivity index (χ0n) is 8.63. The molecule has 0 atom stereocenters. The molecule has 7 nitrogen and oxygen atoms in total. The number of nitrogens with zero attached hydrogens (tertiary/aromatic N) is 2. The zero-order chi connectivity index (χ0) is 14.1. The highest BCUT2D eigenvalue weighted by molar-refractivity contribution is 8.13. The van der Waals surface area contributed by atoms with Crippen LogP contribution in [0.5, 0.6) is 5.75 Å². The van der Waals surface area contributed by atoms with Crippen molar-refractivity contribution in [3.63, 3.8) is 0 Å². The molecule has 0 saturated heterocycles. The number of nitro groups is 1. The molecule has 0 aliphatic rings. The smallest absolute Gasteiger partial charge is 0.330 e. The number of ether oxygens (including phenoxy) is 1. The Balaban J connectivity index is 3.79. The molecule has 18 heavy (non-hydrogen) atoms. The van der Waals surface area contributed by atoms with Crippen LogP contribution in [0.2, 0.25) is 0 Å². The van der Waals surface area contributed by atoms with Crippen LogP contribution in [-0.4, -0.2) is 25.4 Å². The monoisotopic (exact) mass is 302 g/mol. The fourth-order valence-electron chi connectivity index (χ4n) is 1.20. The van der Waals surface area contributed by atoms with Gasteiger partial charge in [0.15, 0.2) is 4.90 Å². The van der Waals surface area contributed by atoms with Gasteiger partial charge in [-0.05, 0) is 0 Å². The minimum Gasteiger partial charge on any atom is -0.489 e. The van der Waals surface area contributed by atoms with Crippen LogP contribution in [-0.2, 0) is 9.05 Å². The van der Waals surface area contributed by atoms with Crippen molar-refractivity contribution < 1.29 is 26.9 Å². The SMILES string of the molecule is COc1c([N+](=O)[O-])cnc(C(F)F)c1S(=O)(=O)Cl. The number of hydrogen-bond acceptors (Lipinski definition) is 6. The number of aromatic nitrogens is 1. The van der Waals surface area contributed by atoms with E-state index in [1.165, 1.54) is 0 Å². The van der Waals surface area contributed by atoms with Crippen molar-refractivity contribution >= 4 is 25.4 Å². The summed E-state index contributed by atoms with van der Waals surface area (Å²) in [5, 5.41) is 10.6. The van der Waals surface area contributed by atoms with E-state index < -0.39 is 42.4 Å². The highest BCUT2D eigenvalue weighted by atomic mass is 35.7. The maximum Gasteiger partial charge on any atom is 0.330 e. The second-order valence-corrected chi connectivity index (χ2v) is 5.39. The summed E-state index contributed by atoms with van der Waals surface area (Å²) in [6.45, 7) is 0. The first kappa shape index (κ1) is 14.5. The van der Waals surface area contributed by atoms with E-state index in [0.29, 0.717) is 6.20 Å². The van der Waals surface area contributed by atoms with E-state index in [9.17, 15) is 27.3 Å². The summed E-state index contributed by atoms with van der Waals surface area (Å²) in [4.78, 5) is 11.4. The Morgan fingerprint density at radius 3 is 2.44 bits per heavy atom. The van der Waals surface area contributed by atoms with Crippen molar-refractivity contribution in [3.8, 4) is 5.75 Å². The van der Waals surface area contributed by atoms with E-state index in [1.807, 2.05) is 0 Å². The van der Waals surface area contributed by atoms with Crippen LogP contribution in [0.15, 0.2) is 11.1 Å². The molecule has 100 valence electrons. The van der Waals surface area contributed by atoms with Gasteiger partial charge >= 0.3 is 5.69 Å². The lowest BCUT2D eigenvalue weighted by Gasteiger charge is -2.09. The van der Waals surface area contributed by atoms with E-state index in [4.69, 9.17) is 10.7 Å². The topological polar surface area (TPSA) is 99.4 Å². The Labute approximate surface area is 104 Å². The third-order valence-corrected chi connectivity index (χ3v) is 3.19. The van der Waals surface area contributed by atoms with Crippen LogP contribution in [0.3, 0.4) is 0 Å². The summed E-state index contributed by atoms with van der Waals surface area (Å²) < 4.78 is 52.1. The molecule has 0 unspecified atom stereocenters. The molecule has 0 N–H and O–H groups in total. The predicted octanol–water partition coefficient (Wildman–Crippen LogP) is 1.86. The number of methoxy groups -OCH3 is 1. The third-order valence-electron chi connectivity index (χ3n) is 1.85. The second-order valence-electron chi connectivity index (χ2n) is 2.89. The summed E-state index contributed by atoms with van der Waals surface area (Å²) in [6, 6.07) is 0. The lowest BCUT2D eigenvalue weighted by molar-refractivity contribution is -0.386. The average molecular weight is 303 g/mol. The molecule has 1 rings (SSSR count). The molecule has 0 aromatic carbocycles. The Bertz CT molecular complexity index is 592. The molecule has 0 bridgehead atoms. The molecule has 11 heteroatoms. The Morgan fingerprint density at radius 1 is 1.56 bits per heavy atom. The Kier molecular flexibility index (Phi) is 4.02. The van der Waals surface area contributed by atoms with Crippen molar-refractivity contribution in [1.29, 1.82) is 0 Å². The van der Waals surface area contributed by atoms with E-state index in [1.54, 1.807) is 0 Å². The first-order valence-electron chi connectivity index (χ1n) is 4.14. The van der Waals surface area contributed by atoms with Crippen LogP contribution >= 0.6 is 10.7 Å². The average Bonchev–Trinajstić information content (AvgIpc) is 2.25. The fourth-order valence-corrected chi connectivity index (χ4v) is 2.45. The standard InChI is InChI=1S/C7H5ClF2N2O5S/c1-17-5-3(12(13)14)2-11-4(7(9)10)6(5)18(8,15)16/h2,7H,1H3. The number of pyridine rings is 1. The first-order chi connectivity index (χ1) is 8.20. The maximum atomic E-state index is 12.6. The molecule has 0 saturated carbocycles. The van der Waals surface area contributed by atoms with Crippen molar-refractivity contribution in [1.82, 2.24) is 4.98 Å². The molecule has 0 amide bonds. The second kappa shape index (κ2) is 4.98. The van der Waals surface area contributed by atoms with E-state index in [2.05, 4.69) is 9.72 Å². The minimum absolute atomic E-state index is 0.478. The summed E-state index contributed by atoms with van der Waals surface area (Å²) >= 11 is 0. The zero-order valence-corrected chi connectivity index (χ0v) is 10.2. The van der Waals surface area contributed by atoms with Gasteiger partial charge in [-0.1, -0.05) is 0 Å². The Hall–Kier alpha value is -1.55. The Morgan fingerprint density at radius 2 is 2.11 bits per heavy atom. The third kappa shape index (κ3) is 2.64. The van der Waals surface area contributed by atoms with Gasteiger partial charge in [0.25, 0.3) is 15.5 Å². The van der Waals surface area contributed by atoms with Crippen molar-refractivity contribution in [2.45, 2.75) is 11.3 Å². The summed E-state index contributed by atoms with van der Waals surface area (Å²) in [6.07, 6.45) is -2.80. The van der Waals surface area contributed by atoms with Gasteiger partial charge in [0.05, 0.1) is 12.0 Å². The number of rotatable bonds is 4. The lowest BCUT2D eigenvalue weighted by Crippen LogP contribution is -2.07. The summed E-state index contributed by atoms with van der Waals surface area (Å²) in [5.74, 6) is -0.875. The molecule has 0 aliphatic heterocycles. The van der Waals surface area contributed by atoms with E-state index >= 15 is 0 Å². The molecule has 1 aromatic heterocycles. The van der Waals surface area contributed by atoms with Gasteiger partial charge in [-0.2, -0.15) is 0 Å². The molecular formula is C7H5ClF2N2O5S. The normalized spacial score (nSPS) is 11.6. The highest BCUT2D eigenvalue weighted by Gasteiger charge is 2.33. The van der Waals surface area contributed by atoms with Crippen LogP contribution in [0.1, 0.15) is 12.1 Å². The molecule has 0 fully saturated rings. The number of hydrogen-bond donors (Lipinski definition) is 0. The van der Waals surface area contributed by atoms with Gasteiger partial charge in [-0.25, -0.2) is 22.2 Å². The summed E-state index contributed by atoms with van der Waals surface area (Å²) in [7, 11) is 1.18. The van der Waals surface area contributed by atoms with E-state index in [0.717, 1.165) is 7.11 Å². The van der Waals surface area contributed by atoms with Crippen LogP contribution in [0, 0.1) is 10.1 Å². The van der Waals surface area contributed by atoms with Crippen molar-refractivity contribution in [2.24, 2.45) is 0 Å². The molecule has 0 radical (unpaired) electrons. The van der Waals surface area contributed by atoms with Crippen molar-refractivity contribution in [3.05, 3.63) is 22.0 Å².